The number of rotatable bonds is 8. The van der Waals surface area contributed by atoms with E-state index in [9.17, 15) is 14.3 Å². The number of thioether (sulfide) groups is 1. The van der Waals surface area contributed by atoms with Gasteiger partial charge in [-0.3, -0.25) is 4.79 Å². The molecule has 2 aromatic carbocycles. The van der Waals surface area contributed by atoms with Crippen LogP contribution >= 0.6 is 11.8 Å². The van der Waals surface area contributed by atoms with Crippen LogP contribution in [0.2, 0.25) is 0 Å². The number of benzene rings is 2. The van der Waals surface area contributed by atoms with Crippen LogP contribution < -0.4 is 6.15 Å². The Balaban J connectivity index is 0.00000364. The first-order chi connectivity index (χ1) is 12.3. The molecule has 0 fully saturated rings. The topological polar surface area (TPSA) is 92.5 Å². The van der Waals surface area contributed by atoms with Crippen molar-refractivity contribution >= 4 is 17.7 Å². The molecule has 0 heterocycles. The van der Waals surface area contributed by atoms with E-state index in [-0.39, 0.29) is 18.4 Å². The molecule has 148 valence electrons. The van der Waals surface area contributed by atoms with Gasteiger partial charge in [-0.1, -0.05) is 23.8 Å². The van der Waals surface area contributed by atoms with Crippen LogP contribution in [0.1, 0.15) is 28.7 Å². The van der Waals surface area contributed by atoms with Crippen LogP contribution in [-0.4, -0.2) is 33.8 Å². The SMILES string of the molecule is Cc1cc(C)c(CCSCC(O)CC(=O)O)c(-c2ccc(F)c(C)c2)c1.N. The molecule has 0 saturated heterocycles. The summed E-state index contributed by atoms with van der Waals surface area (Å²) in [7, 11) is 0. The second-order valence-corrected chi connectivity index (χ2v) is 7.80. The van der Waals surface area contributed by atoms with Gasteiger partial charge in [0.25, 0.3) is 0 Å². The largest absolute Gasteiger partial charge is 0.481 e. The van der Waals surface area contributed by atoms with Gasteiger partial charge >= 0.3 is 5.97 Å². The molecule has 0 aromatic heterocycles. The molecule has 0 aliphatic rings. The highest BCUT2D eigenvalue weighted by atomic mass is 32.2. The summed E-state index contributed by atoms with van der Waals surface area (Å²) < 4.78 is 13.6. The zero-order valence-electron chi connectivity index (χ0n) is 16.1. The third-order valence-corrected chi connectivity index (χ3v) is 5.42. The first-order valence-corrected chi connectivity index (χ1v) is 9.77. The summed E-state index contributed by atoms with van der Waals surface area (Å²) in [5.74, 6) is -0.000222. The van der Waals surface area contributed by atoms with E-state index in [0.29, 0.717) is 11.3 Å². The summed E-state index contributed by atoms with van der Waals surface area (Å²) in [5, 5.41) is 18.3. The van der Waals surface area contributed by atoms with Crippen molar-refractivity contribution in [2.24, 2.45) is 0 Å². The van der Waals surface area contributed by atoms with E-state index >= 15 is 0 Å². The van der Waals surface area contributed by atoms with Gasteiger partial charge in [-0.2, -0.15) is 11.8 Å². The van der Waals surface area contributed by atoms with E-state index in [0.717, 1.165) is 28.9 Å². The molecule has 27 heavy (non-hydrogen) atoms. The van der Waals surface area contributed by atoms with Crippen molar-refractivity contribution < 1.29 is 19.4 Å². The number of halogens is 1. The molecule has 0 spiro atoms. The predicted octanol–water partition coefficient (Wildman–Crippen LogP) is 4.69. The fraction of sp³-hybridized carbons (Fsp3) is 0.381. The molecule has 0 bridgehead atoms. The molecule has 1 atom stereocenters. The van der Waals surface area contributed by atoms with Crippen molar-refractivity contribution in [3.8, 4) is 11.1 Å². The molecule has 0 aliphatic heterocycles. The number of aliphatic hydroxyl groups excluding tert-OH is 1. The van der Waals surface area contributed by atoms with Gasteiger partial charge in [0, 0.05) is 5.75 Å². The Bertz CT molecular complexity index is 795. The molecular weight excluding hydrogens is 365 g/mol. The fourth-order valence-electron chi connectivity index (χ4n) is 3.05. The minimum absolute atomic E-state index is 0. The number of hydrogen-bond acceptors (Lipinski definition) is 4. The zero-order chi connectivity index (χ0) is 19.3. The molecule has 1 unspecified atom stereocenters. The number of carboxylic acids is 1. The average molecular weight is 394 g/mol. The number of aliphatic carboxylic acids is 1. The van der Waals surface area contributed by atoms with Gasteiger partial charge in [0.05, 0.1) is 12.5 Å². The summed E-state index contributed by atoms with van der Waals surface area (Å²) in [4.78, 5) is 10.6. The van der Waals surface area contributed by atoms with Gasteiger partial charge in [-0.05, 0) is 72.9 Å². The lowest BCUT2D eigenvalue weighted by Crippen LogP contribution is -2.15. The first kappa shape index (κ1) is 23.1. The molecule has 2 rings (SSSR count). The molecule has 0 aliphatic carbocycles. The fourth-order valence-corrected chi connectivity index (χ4v) is 3.96. The highest BCUT2D eigenvalue weighted by Crippen LogP contribution is 2.30. The van der Waals surface area contributed by atoms with Crippen LogP contribution in [0.5, 0.6) is 0 Å². The standard InChI is InChI=1S/C21H25FO3S.H3N/c1-13-8-14(2)18(6-7-26-12-17(23)11-21(24)25)19(9-13)16-4-5-20(22)15(3)10-16;/h4-5,8-10,17,23H,6-7,11-12H2,1-3H3,(H,24,25);1H3. The maximum absolute atomic E-state index is 13.6. The first-order valence-electron chi connectivity index (χ1n) is 8.62. The van der Waals surface area contributed by atoms with Gasteiger partial charge < -0.3 is 16.4 Å². The smallest absolute Gasteiger partial charge is 0.306 e. The van der Waals surface area contributed by atoms with Crippen molar-refractivity contribution in [2.75, 3.05) is 11.5 Å². The number of carboxylic acid groups (broad SMARTS) is 1. The van der Waals surface area contributed by atoms with Crippen LogP contribution in [0.15, 0.2) is 30.3 Å². The van der Waals surface area contributed by atoms with Crippen LogP contribution in [0.3, 0.4) is 0 Å². The second-order valence-electron chi connectivity index (χ2n) is 6.65. The Morgan fingerprint density at radius 1 is 1.15 bits per heavy atom. The van der Waals surface area contributed by atoms with Crippen LogP contribution in [0.25, 0.3) is 11.1 Å². The van der Waals surface area contributed by atoms with Crippen molar-refractivity contribution in [3.05, 3.63) is 58.4 Å². The van der Waals surface area contributed by atoms with Gasteiger partial charge in [-0.15, -0.1) is 0 Å². The van der Waals surface area contributed by atoms with Crippen molar-refractivity contribution in [3.63, 3.8) is 0 Å². The van der Waals surface area contributed by atoms with Crippen LogP contribution in [-0.2, 0) is 11.2 Å². The summed E-state index contributed by atoms with van der Waals surface area (Å²) in [5.41, 5.74) is 6.29. The normalized spacial score (nSPS) is 11.7. The third kappa shape index (κ3) is 6.65. The van der Waals surface area contributed by atoms with Gasteiger partial charge in [0.15, 0.2) is 0 Å². The number of carbonyl (C=O) groups is 1. The lowest BCUT2D eigenvalue weighted by Gasteiger charge is -2.16. The van der Waals surface area contributed by atoms with Gasteiger partial charge in [0.1, 0.15) is 5.82 Å². The molecule has 5 N–H and O–H groups in total. The van der Waals surface area contributed by atoms with Gasteiger partial charge in [-0.25, -0.2) is 4.39 Å². The number of aliphatic hydroxyl groups is 1. The number of aryl methyl sites for hydroxylation is 3. The Labute approximate surface area is 164 Å². The van der Waals surface area contributed by atoms with Crippen molar-refractivity contribution in [1.82, 2.24) is 6.15 Å². The lowest BCUT2D eigenvalue weighted by molar-refractivity contribution is -0.138. The highest BCUT2D eigenvalue weighted by Gasteiger charge is 2.12. The molecule has 0 radical (unpaired) electrons. The second kappa shape index (κ2) is 10.4. The van der Waals surface area contributed by atoms with Crippen molar-refractivity contribution in [1.29, 1.82) is 0 Å². The van der Waals surface area contributed by atoms with E-state index in [4.69, 9.17) is 5.11 Å². The van der Waals surface area contributed by atoms with E-state index in [1.54, 1.807) is 18.7 Å². The van der Waals surface area contributed by atoms with E-state index in [1.807, 2.05) is 19.1 Å². The average Bonchev–Trinajstić information content (AvgIpc) is 2.54. The quantitative estimate of drug-likeness (QED) is 0.566. The molecule has 4 nitrogen and oxygen atoms in total. The number of hydrogen-bond donors (Lipinski definition) is 3. The molecule has 0 amide bonds. The van der Waals surface area contributed by atoms with Crippen LogP contribution in [0.4, 0.5) is 4.39 Å². The summed E-state index contributed by atoms with van der Waals surface area (Å²) >= 11 is 1.55. The van der Waals surface area contributed by atoms with E-state index in [1.165, 1.54) is 17.2 Å². The molecule has 2 aromatic rings. The molecular formula is C21H28FNO3S. The predicted molar refractivity (Wildman–Crippen MR) is 110 cm³/mol. The van der Waals surface area contributed by atoms with E-state index < -0.39 is 12.1 Å². The monoisotopic (exact) mass is 393 g/mol. The Morgan fingerprint density at radius 2 is 1.85 bits per heavy atom. The summed E-state index contributed by atoms with van der Waals surface area (Å²) in [6, 6.07) is 9.45. The summed E-state index contributed by atoms with van der Waals surface area (Å²) in [6.45, 7) is 5.89. The lowest BCUT2D eigenvalue weighted by atomic mass is 9.91. The Morgan fingerprint density at radius 3 is 2.48 bits per heavy atom. The van der Waals surface area contributed by atoms with E-state index in [2.05, 4.69) is 19.1 Å². The van der Waals surface area contributed by atoms with Gasteiger partial charge in [0.2, 0.25) is 0 Å². The molecule has 0 saturated carbocycles. The Kier molecular flexibility index (Phi) is 8.96. The van der Waals surface area contributed by atoms with Crippen molar-refractivity contribution in [2.45, 2.75) is 39.7 Å². The minimum Gasteiger partial charge on any atom is -0.481 e. The maximum Gasteiger partial charge on any atom is 0.306 e. The highest BCUT2D eigenvalue weighted by molar-refractivity contribution is 7.99. The maximum atomic E-state index is 13.6. The minimum atomic E-state index is -0.985. The Hall–Kier alpha value is -1.89. The molecule has 6 heteroatoms. The zero-order valence-corrected chi connectivity index (χ0v) is 16.9. The van der Waals surface area contributed by atoms with Crippen LogP contribution in [0, 0.1) is 26.6 Å². The summed E-state index contributed by atoms with van der Waals surface area (Å²) in [6.07, 6.45) is -0.241. The third-order valence-electron chi connectivity index (χ3n) is 4.30.